The van der Waals surface area contributed by atoms with Gasteiger partial charge in [-0.1, -0.05) is 0 Å². The van der Waals surface area contributed by atoms with Gasteiger partial charge in [0.05, 0.1) is 24.7 Å². The summed E-state index contributed by atoms with van der Waals surface area (Å²) in [4.78, 5) is 25.8. The molecule has 3 fully saturated rings. The van der Waals surface area contributed by atoms with E-state index < -0.39 is 0 Å². The van der Waals surface area contributed by atoms with E-state index in [0.29, 0.717) is 12.6 Å². The number of likely N-dealkylation sites (tertiary alicyclic amines) is 1. The number of fused-ring (bicyclic) bond motifs is 2. The van der Waals surface area contributed by atoms with Crippen molar-refractivity contribution in [2.75, 3.05) is 32.9 Å². The third-order valence-electron chi connectivity index (χ3n) is 5.66. The highest BCUT2D eigenvalue weighted by molar-refractivity contribution is 5.80. The summed E-state index contributed by atoms with van der Waals surface area (Å²) in [6.07, 6.45) is 3.80. The Morgan fingerprint density at radius 1 is 1.20 bits per heavy atom. The summed E-state index contributed by atoms with van der Waals surface area (Å²) in [5.74, 6) is -0.431. The lowest BCUT2D eigenvalue weighted by molar-refractivity contribution is -0.144. The standard InChI is InChI=1S/C17H28N4O4/c1-11(22)24-9-13-14-2-3-15(25-14)16(13)17(23)20-19-10-21-6-4-12(8-18)5-7-21/h12-16H,2-10,18H2,1H3. The molecule has 3 rings (SSSR count). The third-order valence-corrected chi connectivity index (χ3v) is 5.66. The number of carbonyl (C=O) groups excluding carboxylic acids is 2. The fraction of sp³-hybridized carbons (Fsp3) is 0.882. The van der Waals surface area contributed by atoms with Gasteiger partial charge in [-0.05, 0) is 38.1 Å². The summed E-state index contributed by atoms with van der Waals surface area (Å²) in [5.41, 5.74) is 5.70. The van der Waals surface area contributed by atoms with Crippen LogP contribution in [0.3, 0.4) is 0 Å². The fourth-order valence-electron chi connectivity index (χ4n) is 4.16. The Hall–Kier alpha value is -1.38. The van der Waals surface area contributed by atoms with E-state index in [-0.39, 0.29) is 42.5 Å². The SMILES string of the molecule is CC(=O)OCC1C2CCC(O2)C1C(=O)N=NCN1CCC(CN)CC1. The Balaban J connectivity index is 1.50. The highest BCUT2D eigenvalue weighted by Gasteiger charge is 2.52. The van der Waals surface area contributed by atoms with E-state index in [4.69, 9.17) is 15.2 Å². The molecule has 3 saturated heterocycles. The van der Waals surface area contributed by atoms with Crippen molar-refractivity contribution >= 4 is 11.9 Å². The Morgan fingerprint density at radius 3 is 2.60 bits per heavy atom. The second kappa shape index (κ2) is 8.33. The maximum absolute atomic E-state index is 12.5. The van der Waals surface area contributed by atoms with Gasteiger partial charge in [0.15, 0.2) is 0 Å². The maximum Gasteiger partial charge on any atom is 0.302 e. The number of amides is 1. The molecule has 0 aromatic heterocycles. The Morgan fingerprint density at radius 2 is 1.92 bits per heavy atom. The van der Waals surface area contributed by atoms with E-state index in [1.807, 2.05) is 0 Å². The van der Waals surface area contributed by atoms with E-state index in [1.165, 1.54) is 6.92 Å². The van der Waals surface area contributed by atoms with Crippen molar-refractivity contribution in [3.05, 3.63) is 0 Å². The number of nitrogens with zero attached hydrogens (tertiary/aromatic N) is 3. The molecule has 0 aromatic rings. The highest BCUT2D eigenvalue weighted by Crippen LogP contribution is 2.44. The molecule has 25 heavy (non-hydrogen) atoms. The molecule has 3 aliphatic rings. The molecule has 0 spiro atoms. The highest BCUT2D eigenvalue weighted by atomic mass is 16.5. The van der Waals surface area contributed by atoms with Crippen molar-refractivity contribution in [1.29, 1.82) is 0 Å². The molecule has 3 heterocycles. The molecule has 0 radical (unpaired) electrons. The number of carbonyl (C=O) groups is 2. The number of piperidine rings is 1. The van der Waals surface area contributed by atoms with Crippen LogP contribution in [0.4, 0.5) is 0 Å². The largest absolute Gasteiger partial charge is 0.465 e. The summed E-state index contributed by atoms with van der Waals surface area (Å²) >= 11 is 0. The van der Waals surface area contributed by atoms with E-state index in [0.717, 1.165) is 45.3 Å². The number of hydrogen-bond donors (Lipinski definition) is 1. The smallest absolute Gasteiger partial charge is 0.302 e. The molecule has 0 aromatic carbocycles. The molecule has 2 bridgehead atoms. The number of rotatable bonds is 6. The minimum Gasteiger partial charge on any atom is -0.465 e. The first-order valence-electron chi connectivity index (χ1n) is 9.21. The molecule has 8 heteroatoms. The number of ether oxygens (including phenoxy) is 2. The van der Waals surface area contributed by atoms with Gasteiger partial charge in [-0.15, -0.1) is 5.11 Å². The normalized spacial score (nSPS) is 33.2. The van der Waals surface area contributed by atoms with Gasteiger partial charge in [0.2, 0.25) is 0 Å². The van der Waals surface area contributed by atoms with Crippen molar-refractivity contribution in [1.82, 2.24) is 4.90 Å². The number of nitrogens with two attached hydrogens (primary N) is 1. The zero-order valence-corrected chi connectivity index (χ0v) is 14.8. The molecule has 0 saturated carbocycles. The lowest BCUT2D eigenvalue weighted by Crippen LogP contribution is -2.37. The molecule has 3 aliphatic heterocycles. The summed E-state index contributed by atoms with van der Waals surface area (Å²) < 4.78 is 11.0. The number of hydrogen-bond acceptors (Lipinski definition) is 7. The fourth-order valence-corrected chi connectivity index (χ4v) is 4.16. The first kappa shape index (κ1) is 18.4. The lowest BCUT2D eigenvalue weighted by atomic mass is 9.79. The Labute approximate surface area is 148 Å². The van der Waals surface area contributed by atoms with Crippen LogP contribution >= 0.6 is 0 Å². The van der Waals surface area contributed by atoms with Crippen LogP contribution in [0.5, 0.6) is 0 Å². The third kappa shape index (κ3) is 4.43. The van der Waals surface area contributed by atoms with Crippen LogP contribution in [0.1, 0.15) is 32.6 Å². The molecule has 1 amide bonds. The first-order valence-corrected chi connectivity index (χ1v) is 9.21. The maximum atomic E-state index is 12.5. The summed E-state index contributed by atoms with van der Waals surface area (Å²) in [6, 6.07) is 0. The minimum absolute atomic E-state index is 0.0104. The van der Waals surface area contributed by atoms with Gasteiger partial charge >= 0.3 is 5.97 Å². The van der Waals surface area contributed by atoms with Crippen LogP contribution in [-0.2, 0) is 19.1 Å². The molecule has 4 atom stereocenters. The van der Waals surface area contributed by atoms with Gasteiger partial charge in [-0.25, -0.2) is 0 Å². The van der Waals surface area contributed by atoms with Gasteiger partial charge in [0, 0.05) is 25.9 Å². The molecule has 4 unspecified atom stereocenters. The molecular weight excluding hydrogens is 324 g/mol. The van der Waals surface area contributed by atoms with Gasteiger partial charge in [0.25, 0.3) is 5.91 Å². The second-order valence-electron chi connectivity index (χ2n) is 7.30. The van der Waals surface area contributed by atoms with Crippen LogP contribution in [0.15, 0.2) is 10.2 Å². The van der Waals surface area contributed by atoms with Crippen LogP contribution in [0.2, 0.25) is 0 Å². The van der Waals surface area contributed by atoms with Crippen LogP contribution < -0.4 is 5.73 Å². The summed E-state index contributed by atoms with van der Waals surface area (Å²) in [6.45, 7) is 4.66. The van der Waals surface area contributed by atoms with Crippen LogP contribution in [0, 0.1) is 17.8 Å². The monoisotopic (exact) mass is 352 g/mol. The predicted octanol–water partition coefficient (Wildman–Crippen LogP) is 0.950. The quantitative estimate of drug-likeness (QED) is 0.563. The number of azo groups is 1. The van der Waals surface area contributed by atoms with Gasteiger partial charge in [0.1, 0.15) is 6.67 Å². The molecule has 2 N–H and O–H groups in total. The van der Waals surface area contributed by atoms with E-state index >= 15 is 0 Å². The predicted molar refractivity (Wildman–Crippen MR) is 89.6 cm³/mol. The second-order valence-corrected chi connectivity index (χ2v) is 7.30. The van der Waals surface area contributed by atoms with Gasteiger partial charge in [-0.3, -0.25) is 14.5 Å². The van der Waals surface area contributed by atoms with Crippen LogP contribution in [-0.4, -0.2) is 61.9 Å². The van der Waals surface area contributed by atoms with E-state index in [9.17, 15) is 9.59 Å². The van der Waals surface area contributed by atoms with Gasteiger partial charge in [-0.2, -0.15) is 5.11 Å². The van der Waals surface area contributed by atoms with E-state index in [1.54, 1.807) is 0 Å². The van der Waals surface area contributed by atoms with Crippen molar-refractivity contribution in [3.8, 4) is 0 Å². The zero-order chi connectivity index (χ0) is 17.8. The number of esters is 1. The molecule has 8 nitrogen and oxygen atoms in total. The molecular formula is C17H28N4O4. The minimum atomic E-state index is -0.343. The Bertz CT molecular complexity index is 519. The summed E-state index contributed by atoms with van der Waals surface area (Å²) in [5, 5.41) is 8.05. The zero-order valence-electron chi connectivity index (χ0n) is 14.8. The Kier molecular flexibility index (Phi) is 6.14. The van der Waals surface area contributed by atoms with Crippen molar-refractivity contribution in [3.63, 3.8) is 0 Å². The average molecular weight is 352 g/mol. The summed E-state index contributed by atoms with van der Waals surface area (Å²) in [7, 11) is 0. The lowest BCUT2D eigenvalue weighted by Gasteiger charge is -2.29. The van der Waals surface area contributed by atoms with Crippen LogP contribution in [0.25, 0.3) is 0 Å². The van der Waals surface area contributed by atoms with E-state index in [2.05, 4.69) is 15.1 Å². The first-order chi connectivity index (χ1) is 12.1. The molecule has 140 valence electrons. The van der Waals surface area contributed by atoms with Crippen molar-refractivity contribution < 1.29 is 19.1 Å². The van der Waals surface area contributed by atoms with Crippen molar-refractivity contribution in [2.45, 2.75) is 44.8 Å². The van der Waals surface area contributed by atoms with Gasteiger partial charge < -0.3 is 15.2 Å². The average Bonchev–Trinajstić information content (AvgIpc) is 3.21. The molecule has 0 aliphatic carbocycles. The van der Waals surface area contributed by atoms with Crippen molar-refractivity contribution in [2.24, 2.45) is 33.7 Å². The topological polar surface area (TPSA) is 107 Å².